The van der Waals surface area contributed by atoms with Gasteiger partial charge in [-0.05, 0) is 0 Å². The van der Waals surface area contributed by atoms with E-state index in [9.17, 15) is 0 Å². The van der Waals surface area contributed by atoms with E-state index in [1.54, 1.807) is 21.3 Å². The Morgan fingerprint density at radius 1 is 0.667 bits per heavy atom. The molecule has 0 rings (SSSR count). The summed E-state index contributed by atoms with van der Waals surface area (Å²) in [6.45, 7) is 0.833. The third-order valence-corrected chi connectivity index (χ3v) is 7.79. The van der Waals surface area contributed by atoms with Crippen molar-refractivity contribution in [2.45, 2.75) is 56.1 Å². The summed E-state index contributed by atoms with van der Waals surface area (Å²) in [6, 6.07) is 0. The number of nitrogens with two attached hydrogens (primary N) is 1. The van der Waals surface area contributed by atoms with Gasteiger partial charge in [-0.25, -0.2) is 0 Å². The van der Waals surface area contributed by atoms with Gasteiger partial charge in [-0.15, -0.1) is 0 Å². The summed E-state index contributed by atoms with van der Waals surface area (Å²) in [5.74, 6) is 0. The standard InChI is InChI=1S/C10H22N.3CH3O.Ti/c1-2-3-4-5-6-7-8-9-10-11;3*1-2;/h1-11H2;3*1H3;/q;3*-1;+3. The molecule has 2 N–H and O–H groups in total. The molecule has 0 bridgehead atoms. The van der Waals surface area contributed by atoms with Gasteiger partial charge in [0.25, 0.3) is 0 Å². The van der Waals surface area contributed by atoms with Gasteiger partial charge in [0.1, 0.15) is 0 Å². The van der Waals surface area contributed by atoms with Gasteiger partial charge in [-0.3, -0.25) is 0 Å². The average molecular weight is 297 g/mol. The molecule has 4 nitrogen and oxygen atoms in total. The van der Waals surface area contributed by atoms with E-state index in [-0.39, 0.29) is 0 Å². The normalized spacial score (nSPS) is 12.0. The Bertz CT molecular complexity index is 169. The van der Waals surface area contributed by atoms with E-state index in [1.165, 1.54) is 44.9 Å². The van der Waals surface area contributed by atoms with Crippen LogP contribution in [0.15, 0.2) is 0 Å². The minimum atomic E-state index is -2.83. The van der Waals surface area contributed by atoms with Gasteiger partial charge in [0, 0.05) is 0 Å². The van der Waals surface area contributed by atoms with Crippen LogP contribution in [0.3, 0.4) is 0 Å². The zero-order valence-electron chi connectivity index (χ0n) is 12.4. The van der Waals surface area contributed by atoms with Crippen LogP contribution in [-0.4, -0.2) is 27.9 Å². The number of unbranched alkanes of at least 4 members (excludes halogenated alkanes) is 7. The van der Waals surface area contributed by atoms with Crippen LogP contribution in [0.25, 0.3) is 0 Å². The summed E-state index contributed by atoms with van der Waals surface area (Å²) in [6.07, 6.45) is 10.2. The van der Waals surface area contributed by atoms with Gasteiger partial charge in [0.15, 0.2) is 0 Å². The summed E-state index contributed by atoms with van der Waals surface area (Å²) < 4.78 is 17.3. The SMILES string of the molecule is C[O][Ti]([CH2]CCCCCCCCCN)([O]C)[O]C. The van der Waals surface area contributed by atoms with E-state index in [2.05, 4.69) is 0 Å². The van der Waals surface area contributed by atoms with Crippen molar-refractivity contribution >= 4 is 0 Å². The van der Waals surface area contributed by atoms with E-state index in [0.717, 1.165) is 17.7 Å². The van der Waals surface area contributed by atoms with Crippen molar-refractivity contribution in [1.29, 1.82) is 0 Å². The summed E-state index contributed by atoms with van der Waals surface area (Å²) in [4.78, 5) is 0. The van der Waals surface area contributed by atoms with Crippen LogP contribution in [-0.2, 0) is 27.7 Å². The average Bonchev–Trinajstić information content (AvgIpc) is 2.42. The van der Waals surface area contributed by atoms with E-state index < -0.39 is 17.8 Å². The second kappa shape index (κ2) is 12.6. The molecular weight excluding hydrogens is 266 g/mol. The minimum absolute atomic E-state index is 0.833. The topological polar surface area (TPSA) is 53.7 Å². The zero-order chi connectivity index (χ0) is 13.7. The van der Waals surface area contributed by atoms with Gasteiger partial charge < -0.3 is 0 Å². The van der Waals surface area contributed by atoms with Crippen LogP contribution in [0.5, 0.6) is 0 Å². The fourth-order valence-electron chi connectivity index (χ4n) is 2.10. The van der Waals surface area contributed by atoms with Crippen molar-refractivity contribution in [3.8, 4) is 0 Å². The van der Waals surface area contributed by atoms with Gasteiger partial charge in [0.05, 0.1) is 0 Å². The zero-order valence-corrected chi connectivity index (χ0v) is 13.9. The van der Waals surface area contributed by atoms with Gasteiger partial charge >= 0.3 is 117 Å². The Kier molecular flexibility index (Phi) is 13.0. The van der Waals surface area contributed by atoms with E-state index in [4.69, 9.17) is 15.7 Å². The molecule has 0 radical (unpaired) electrons. The van der Waals surface area contributed by atoms with Gasteiger partial charge in [-0.1, -0.05) is 0 Å². The molecule has 0 aliphatic carbocycles. The summed E-state index contributed by atoms with van der Waals surface area (Å²) in [5, 5.41) is 0. The summed E-state index contributed by atoms with van der Waals surface area (Å²) in [5.41, 5.74) is 5.46. The molecule has 0 heterocycles. The molecular formula is C13H31NO3Ti. The molecule has 0 saturated carbocycles. The summed E-state index contributed by atoms with van der Waals surface area (Å²) >= 11 is -2.83. The third kappa shape index (κ3) is 8.62. The molecule has 0 atom stereocenters. The number of hydrogen-bond acceptors (Lipinski definition) is 4. The fraction of sp³-hybridized carbons (Fsp3) is 1.00. The van der Waals surface area contributed by atoms with E-state index in [0.29, 0.717) is 0 Å². The van der Waals surface area contributed by atoms with Crippen LogP contribution in [0.1, 0.15) is 51.4 Å². The fourth-order valence-corrected chi connectivity index (χ4v) is 4.91. The quantitative estimate of drug-likeness (QED) is 0.418. The molecule has 0 aromatic carbocycles. The second-order valence-corrected chi connectivity index (χ2v) is 9.49. The Morgan fingerprint density at radius 3 is 1.44 bits per heavy atom. The Balaban J connectivity index is 3.38. The predicted molar refractivity (Wildman–Crippen MR) is 71.8 cm³/mol. The molecule has 0 spiro atoms. The van der Waals surface area contributed by atoms with Crippen LogP contribution in [0, 0.1) is 0 Å². The molecule has 110 valence electrons. The maximum absolute atomic E-state index is 5.46. The molecule has 0 aromatic heterocycles. The summed E-state index contributed by atoms with van der Waals surface area (Å²) in [7, 11) is 5.10. The second-order valence-electron chi connectivity index (χ2n) is 4.66. The molecule has 0 amide bonds. The van der Waals surface area contributed by atoms with Crippen LogP contribution < -0.4 is 5.73 Å². The van der Waals surface area contributed by atoms with Crippen molar-refractivity contribution in [2.24, 2.45) is 5.73 Å². The first-order valence-electron chi connectivity index (χ1n) is 7.10. The molecule has 0 saturated heterocycles. The number of hydrogen-bond donors (Lipinski definition) is 1. The molecule has 0 unspecified atom stereocenters. The van der Waals surface area contributed by atoms with Crippen LogP contribution >= 0.6 is 0 Å². The van der Waals surface area contributed by atoms with Crippen molar-refractivity contribution in [2.75, 3.05) is 27.9 Å². The van der Waals surface area contributed by atoms with Gasteiger partial charge in [0.2, 0.25) is 0 Å². The Morgan fingerprint density at radius 2 is 1.06 bits per heavy atom. The van der Waals surface area contributed by atoms with E-state index in [1.807, 2.05) is 0 Å². The van der Waals surface area contributed by atoms with Crippen LogP contribution in [0.4, 0.5) is 0 Å². The first-order valence-corrected chi connectivity index (χ1v) is 10.1. The maximum atomic E-state index is 5.46. The van der Waals surface area contributed by atoms with Crippen molar-refractivity contribution in [3.63, 3.8) is 0 Å². The first kappa shape index (κ1) is 18.6. The molecule has 18 heavy (non-hydrogen) atoms. The Hall–Kier alpha value is 0.554. The molecule has 0 aliphatic heterocycles. The molecule has 5 heteroatoms. The molecule has 0 aromatic rings. The number of rotatable bonds is 13. The monoisotopic (exact) mass is 297 g/mol. The third-order valence-electron chi connectivity index (χ3n) is 3.37. The van der Waals surface area contributed by atoms with Crippen molar-refractivity contribution < 1.29 is 27.7 Å². The molecule has 0 aliphatic rings. The Labute approximate surface area is 117 Å². The van der Waals surface area contributed by atoms with Crippen molar-refractivity contribution in [1.82, 2.24) is 0 Å². The van der Waals surface area contributed by atoms with Gasteiger partial charge in [-0.2, -0.15) is 0 Å². The van der Waals surface area contributed by atoms with E-state index >= 15 is 0 Å². The van der Waals surface area contributed by atoms with Crippen LogP contribution in [0.2, 0.25) is 4.73 Å². The predicted octanol–water partition coefficient (Wildman–Crippen LogP) is 3.32. The first-order chi connectivity index (χ1) is 8.74. The molecule has 0 fully saturated rings. The van der Waals surface area contributed by atoms with Crippen molar-refractivity contribution in [3.05, 3.63) is 0 Å².